The van der Waals surface area contributed by atoms with Gasteiger partial charge in [0, 0.05) is 42.3 Å². The fourth-order valence-electron chi connectivity index (χ4n) is 0.574. The van der Waals surface area contributed by atoms with Gasteiger partial charge in [0.15, 0.2) is 0 Å². The lowest BCUT2D eigenvalue weighted by atomic mass is 10.3. The molecule has 0 aromatic rings. The molecule has 0 N–H and O–H groups in total. The standard InChI is InChI=1S/C6H18BN3O3/c1-8(2)11-7(12-9(3)4)13-10(5)6/h1-6H3. The minimum Gasteiger partial charge on any atom is -0.296 e. The second kappa shape index (κ2) is 6.30. The Kier molecular flexibility index (Phi) is 6.22. The summed E-state index contributed by atoms with van der Waals surface area (Å²) in [5, 5.41) is 4.53. The molecule has 0 aliphatic rings. The average molecular weight is 191 g/mol. The van der Waals surface area contributed by atoms with E-state index in [0.717, 1.165) is 0 Å². The second-order valence-corrected chi connectivity index (χ2v) is 3.04. The second-order valence-electron chi connectivity index (χ2n) is 3.04. The molecule has 0 spiro atoms. The van der Waals surface area contributed by atoms with Crippen molar-refractivity contribution in [2.45, 2.75) is 0 Å². The molecule has 6 nitrogen and oxygen atoms in total. The molecule has 0 heterocycles. The molecule has 7 heteroatoms. The largest absolute Gasteiger partial charge is 0.692 e. The van der Waals surface area contributed by atoms with Crippen LogP contribution in [0.4, 0.5) is 0 Å². The van der Waals surface area contributed by atoms with Gasteiger partial charge in [-0.2, -0.15) is 0 Å². The zero-order chi connectivity index (χ0) is 10.4. The van der Waals surface area contributed by atoms with E-state index >= 15 is 0 Å². The molecule has 0 unspecified atom stereocenters. The first kappa shape index (κ1) is 12.8. The maximum atomic E-state index is 5.18. The first-order valence-corrected chi connectivity index (χ1v) is 3.94. The van der Waals surface area contributed by atoms with Crippen molar-refractivity contribution in [2.75, 3.05) is 42.3 Å². The fraction of sp³-hybridized carbons (Fsp3) is 1.00. The third-order valence-electron chi connectivity index (χ3n) is 0.891. The lowest BCUT2D eigenvalue weighted by Crippen LogP contribution is -2.40. The van der Waals surface area contributed by atoms with Crippen molar-refractivity contribution < 1.29 is 14.3 Å². The summed E-state index contributed by atoms with van der Waals surface area (Å²) >= 11 is 0. The van der Waals surface area contributed by atoms with Gasteiger partial charge in [0.05, 0.1) is 0 Å². The number of hydroxylamine groups is 6. The van der Waals surface area contributed by atoms with Crippen LogP contribution in [0.15, 0.2) is 0 Å². The molecular weight excluding hydrogens is 173 g/mol. The highest BCUT2D eigenvalue weighted by Crippen LogP contribution is 1.96. The molecule has 0 fully saturated rings. The Hall–Kier alpha value is -0.175. The van der Waals surface area contributed by atoms with Gasteiger partial charge in [-0.1, -0.05) is 0 Å². The Balaban J connectivity index is 3.87. The van der Waals surface area contributed by atoms with Crippen molar-refractivity contribution in [3.05, 3.63) is 0 Å². The van der Waals surface area contributed by atoms with Gasteiger partial charge in [-0.05, 0) is 0 Å². The van der Waals surface area contributed by atoms with E-state index in [1.165, 1.54) is 15.2 Å². The third-order valence-corrected chi connectivity index (χ3v) is 0.891. The highest BCUT2D eigenvalue weighted by Gasteiger charge is 2.26. The van der Waals surface area contributed by atoms with E-state index in [9.17, 15) is 0 Å². The first-order valence-electron chi connectivity index (χ1n) is 3.94. The first-order chi connectivity index (χ1) is 5.91. The maximum Gasteiger partial charge on any atom is 0.692 e. The Morgan fingerprint density at radius 3 is 1.00 bits per heavy atom. The summed E-state index contributed by atoms with van der Waals surface area (Å²) < 4.78 is 15.5. The van der Waals surface area contributed by atoms with Crippen LogP contribution < -0.4 is 0 Å². The van der Waals surface area contributed by atoms with E-state index in [1.807, 2.05) is 0 Å². The number of hydrogen-bond donors (Lipinski definition) is 0. The van der Waals surface area contributed by atoms with E-state index < -0.39 is 7.32 Å². The SMILES string of the molecule is CN(C)OB(ON(C)C)ON(C)C. The quantitative estimate of drug-likeness (QED) is 0.414. The minimum atomic E-state index is -0.764. The summed E-state index contributed by atoms with van der Waals surface area (Å²) in [6, 6.07) is 0. The Morgan fingerprint density at radius 1 is 0.615 bits per heavy atom. The summed E-state index contributed by atoms with van der Waals surface area (Å²) in [5.74, 6) is 0. The van der Waals surface area contributed by atoms with Crippen LogP contribution in [0.25, 0.3) is 0 Å². The predicted molar refractivity (Wildman–Crippen MR) is 50.1 cm³/mol. The summed E-state index contributed by atoms with van der Waals surface area (Å²) in [6.07, 6.45) is 0. The van der Waals surface area contributed by atoms with Crippen LogP contribution in [0, 0.1) is 0 Å². The summed E-state index contributed by atoms with van der Waals surface area (Å²) in [6.45, 7) is 0. The Morgan fingerprint density at radius 2 is 0.846 bits per heavy atom. The van der Waals surface area contributed by atoms with Crippen molar-refractivity contribution in [2.24, 2.45) is 0 Å². The van der Waals surface area contributed by atoms with Crippen LogP contribution in [0.3, 0.4) is 0 Å². The van der Waals surface area contributed by atoms with Gasteiger partial charge in [-0.15, -0.1) is 0 Å². The minimum absolute atomic E-state index is 0.764. The molecule has 0 aliphatic carbocycles. The number of hydrogen-bond acceptors (Lipinski definition) is 6. The predicted octanol–water partition coefficient (Wildman–Crippen LogP) is -0.549. The lowest BCUT2D eigenvalue weighted by molar-refractivity contribution is -0.172. The topological polar surface area (TPSA) is 37.4 Å². The van der Waals surface area contributed by atoms with Gasteiger partial charge in [0.2, 0.25) is 0 Å². The summed E-state index contributed by atoms with van der Waals surface area (Å²) in [5.41, 5.74) is 0. The van der Waals surface area contributed by atoms with Crippen LogP contribution in [-0.2, 0) is 14.3 Å². The number of rotatable bonds is 6. The molecule has 0 bridgehead atoms. The Labute approximate surface area is 80.0 Å². The number of nitrogens with zero attached hydrogens (tertiary/aromatic N) is 3. The van der Waals surface area contributed by atoms with Crippen molar-refractivity contribution >= 4 is 7.32 Å². The smallest absolute Gasteiger partial charge is 0.296 e. The molecule has 13 heavy (non-hydrogen) atoms. The van der Waals surface area contributed by atoms with Gasteiger partial charge in [0.25, 0.3) is 0 Å². The van der Waals surface area contributed by atoms with Crippen LogP contribution in [0.2, 0.25) is 0 Å². The molecule has 0 aromatic carbocycles. The van der Waals surface area contributed by atoms with Crippen LogP contribution in [0.1, 0.15) is 0 Å². The van der Waals surface area contributed by atoms with Crippen molar-refractivity contribution in [1.29, 1.82) is 0 Å². The Bertz CT molecular complexity index is 111. The highest BCUT2D eigenvalue weighted by molar-refractivity contribution is 6.35. The summed E-state index contributed by atoms with van der Waals surface area (Å²) in [7, 11) is 9.77. The van der Waals surface area contributed by atoms with Crippen molar-refractivity contribution in [3.63, 3.8) is 0 Å². The normalized spacial score (nSPS) is 11.8. The highest BCUT2D eigenvalue weighted by atomic mass is 16.9. The molecule has 0 aromatic heterocycles. The van der Waals surface area contributed by atoms with Gasteiger partial charge in [-0.25, -0.2) is 15.2 Å². The van der Waals surface area contributed by atoms with Crippen LogP contribution >= 0.6 is 0 Å². The molecule has 78 valence electrons. The van der Waals surface area contributed by atoms with Crippen LogP contribution in [-0.4, -0.2) is 64.8 Å². The van der Waals surface area contributed by atoms with Gasteiger partial charge in [0.1, 0.15) is 0 Å². The third kappa shape index (κ3) is 8.16. The molecule has 0 saturated heterocycles. The van der Waals surface area contributed by atoms with E-state index in [1.54, 1.807) is 42.3 Å². The van der Waals surface area contributed by atoms with E-state index in [0.29, 0.717) is 0 Å². The van der Waals surface area contributed by atoms with Crippen LogP contribution in [0.5, 0.6) is 0 Å². The lowest BCUT2D eigenvalue weighted by Gasteiger charge is -2.22. The molecule has 0 radical (unpaired) electrons. The van der Waals surface area contributed by atoms with Crippen molar-refractivity contribution in [1.82, 2.24) is 15.2 Å². The fourth-order valence-corrected chi connectivity index (χ4v) is 0.574. The molecule has 0 rings (SSSR count). The molecule has 0 amide bonds. The monoisotopic (exact) mass is 191 g/mol. The molecule has 0 atom stereocenters. The van der Waals surface area contributed by atoms with Gasteiger partial charge >= 0.3 is 7.32 Å². The molecular formula is C6H18BN3O3. The molecule has 0 aliphatic heterocycles. The molecule has 0 saturated carbocycles. The van der Waals surface area contributed by atoms with E-state index in [2.05, 4.69) is 0 Å². The zero-order valence-corrected chi connectivity index (χ0v) is 9.14. The van der Waals surface area contributed by atoms with E-state index in [4.69, 9.17) is 14.3 Å². The average Bonchev–Trinajstić information content (AvgIpc) is 1.80. The maximum absolute atomic E-state index is 5.18. The zero-order valence-electron chi connectivity index (χ0n) is 9.14. The van der Waals surface area contributed by atoms with E-state index in [-0.39, 0.29) is 0 Å². The van der Waals surface area contributed by atoms with Crippen molar-refractivity contribution in [3.8, 4) is 0 Å². The summed E-state index contributed by atoms with van der Waals surface area (Å²) in [4.78, 5) is 0. The van der Waals surface area contributed by atoms with Gasteiger partial charge in [-0.3, -0.25) is 14.3 Å². The van der Waals surface area contributed by atoms with Gasteiger partial charge < -0.3 is 0 Å².